The molecule has 1 aliphatic heterocycles. The largest absolute Gasteiger partial charge is 0.493 e. The van der Waals surface area contributed by atoms with Crippen LogP contribution >= 0.6 is 0 Å². The third-order valence-electron chi connectivity index (χ3n) is 3.24. The summed E-state index contributed by atoms with van der Waals surface area (Å²) in [4.78, 5) is 0. The molecule has 0 aromatic heterocycles. The first-order valence-corrected chi connectivity index (χ1v) is 5.86. The van der Waals surface area contributed by atoms with Crippen molar-refractivity contribution in [2.45, 2.75) is 12.8 Å². The zero-order chi connectivity index (χ0) is 12.3. The highest BCUT2D eigenvalue weighted by Crippen LogP contribution is 2.33. The topological polar surface area (TPSA) is 30.5 Å². The van der Waals surface area contributed by atoms with E-state index in [9.17, 15) is 4.39 Å². The molecule has 17 heavy (non-hydrogen) atoms. The Kier molecular flexibility index (Phi) is 3.84. The molecule has 1 fully saturated rings. The fourth-order valence-electron chi connectivity index (χ4n) is 2.29. The predicted molar refractivity (Wildman–Crippen MR) is 64.2 cm³/mol. The van der Waals surface area contributed by atoms with Crippen LogP contribution in [0, 0.1) is 11.7 Å². The maximum Gasteiger partial charge on any atom is 0.197 e. The fraction of sp³-hybridized carbons (Fsp3) is 0.538. The molecule has 1 aromatic rings. The molecule has 0 radical (unpaired) electrons. The third-order valence-corrected chi connectivity index (χ3v) is 3.24. The van der Waals surface area contributed by atoms with Gasteiger partial charge in [-0.15, -0.1) is 0 Å². The van der Waals surface area contributed by atoms with Gasteiger partial charge in [0.25, 0.3) is 0 Å². The summed E-state index contributed by atoms with van der Waals surface area (Å²) in [5, 5.41) is 3.28. The van der Waals surface area contributed by atoms with Gasteiger partial charge < -0.3 is 14.8 Å². The van der Waals surface area contributed by atoms with Crippen LogP contribution < -0.4 is 14.8 Å². The lowest BCUT2D eigenvalue weighted by atomic mass is 9.98. The minimum Gasteiger partial charge on any atom is -0.493 e. The van der Waals surface area contributed by atoms with E-state index in [1.54, 1.807) is 12.1 Å². The van der Waals surface area contributed by atoms with Gasteiger partial charge >= 0.3 is 0 Å². The van der Waals surface area contributed by atoms with E-state index in [1.807, 2.05) is 0 Å². The van der Waals surface area contributed by atoms with Crippen LogP contribution in [0.1, 0.15) is 12.0 Å². The van der Waals surface area contributed by atoms with Gasteiger partial charge in [0.05, 0.1) is 14.2 Å². The van der Waals surface area contributed by atoms with E-state index < -0.39 is 0 Å². The van der Waals surface area contributed by atoms with Crippen LogP contribution in [-0.2, 0) is 6.42 Å². The molecular weight excluding hydrogens is 221 g/mol. The normalized spacial score (nSPS) is 19.4. The Bertz CT molecular complexity index is 389. The van der Waals surface area contributed by atoms with E-state index >= 15 is 0 Å². The molecule has 1 saturated heterocycles. The van der Waals surface area contributed by atoms with Crippen LogP contribution in [0.5, 0.6) is 11.5 Å². The van der Waals surface area contributed by atoms with Gasteiger partial charge in [0.1, 0.15) is 0 Å². The molecule has 1 atom stereocenters. The van der Waals surface area contributed by atoms with Crippen molar-refractivity contribution in [3.8, 4) is 11.5 Å². The Morgan fingerprint density at radius 1 is 1.35 bits per heavy atom. The van der Waals surface area contributed by atoms with Crippen LogP contribution in [-0.4, -0.2) is 27.3 Å². The lowest BCUT2D eigenvalue weighted by molar-refractivity contribution is 0.335. The minimum atomic E-state index is -0.293. The average Bonchev–Trinajstić information content (AvgIpc) is 2.84. The Labute approximate surface area is 101 Å². The Hall–Kier alpha value is -1.29. The van der Waals surface area contributed by atoms with Crippen LogP contribution in [0.2, 0.25) is 0 Å². The van der Waals surface area contributed by atoms with Crippen molar-refractivity contribution in [2.75, 3.05) is 27.3 Å². The zero-order valence-corrected chi connectivity index (χ0v) is 10.3. The van der Waals surface area contributed by atoms with Gasteiger partial charge in [-0.25, -0.2) is 4.39 Å². The average molecular weight is 239 g/mol. The van der Waals surface area contributed by atoms with Crippen LogP contribution in [0.4, 0.5) is 4.39 Å². The molecule has 3 nitrogen and oxygen atoms in total. The van der Waals surface area contributed by atoms with Crippen molar-refractivity contribution < 1.29 is 13.9 Å². The Balaban J connectivity index is 2.22. The lowest BCUT2D eigenvalue weighted by Crippen LogP contribution is -2.11. The van der Waals surface area contributed by atoms with Crippen LogP contribution in [0.15, 0.2) is 12.1 Å². The summed E-state index contributed by atoms with van der Waals surface area (Å²) in [5.74, 6) is 0.871. The van der Waals surface area contributed by atoms with Crippen LogP contribution in [0.25, 0.3) is 0 Å². The number of hydrogen-bond donors (Lipinski definition) is 1. The SMILES string of the molecule is COc1ccc(CC2CCNC2)c(F)c1OC. The first-order chi connectivity index (χ1) is 8.26. The van der Waals surface area contributed by atoms with E-state index in [0.717, 1.165) is 25.9 Å². The highest BCUT2D eigenvalue weighted by atomic mass is 19.1. The van der Waals surface area contributed by atoms with Gasteiger partial charge in [0.15, 0.2) is 17.3 Å². The van der Waals surface area contributed by atoms with Crippen molar-refractivity contribution in [3.05, 3.63) is 23.5 Å². The van der Waals surface area contributed by atoms with Gasteiger partial charge in [-0.3, -0.25) is 0 Å². The maximum atomic E-state index is 14.1. The summed E-state index contributed by atoms with van der Waals surface area (Å²) in [5.41, 5.74) is 0.705. The second-order valence-corrected chi connectivity index (χ2v) is 4.34. The van der Waals surface area contributed by atoms with E-state index in [4.69, 9.17) is 9.47 Å². The third kappa shape index (κ3) is 2.52. The number of rotatable bonds is 4. The maximum absolute atomic E-state index is 14.1. The van der Waals surface area contributed by atoms with E-state index in [2.05, 4.69) is 5.32 Å². The summed E-state index contributed by atoms with van der Waals surface area (Å²) in [7, 11) is 2.97. The van der Waals surface area contributed by atoms with Gasteiger partial charge in [-0.05, 0) is 43.5 Å². The van der Waals surface area contributed by atoms with E-state index in [-0.39, 0.29) is 11.6 Å². The number of benzene rings is 1. The van der Waals surface area contributed by atoms with E-state index in [0.29, 0.717) is 17.2 Å². The Morgan fingerprint density at radius 3 is 2.76 bits per heavy atom. The van der Waals surface area contributed by atoms with Gasteiger partial charge in [0.2, 0.25) is 0 Å². The van der Waals surface area contributed by atoms with Gasteiger partial charge in [0, 0.05) is 0 Å². The minimum absolute atomic E-state index is 0.205. The summed E-state index contributed by atoms with van der Waals surface area (Å²) in [6.07, 6.45) is 1.85. The molecule has 2 rings (SSSR count). The first-order valence-electron chi connectivity index (χ1n) is 5.86. The molecule has 0 saturated carbocycles. The van der Waals surface area contributed by atoms with Crippen LogP contribution in [0.3, 0.4) is 0 Å². The van der Waals surface area contributed by atoms with Crippen molar-refractivity contribution in [1.29, 1.82) is 0 Å². The molecule has 0 aliphatic carbocycles. The van der Waals surface area contributed by atoms with Crippen molar-refractivity contribution in [3.63, 3.8) is 0 Å². The molecular formula is C13H18FNO2. The second-order valence-electron chi connectivity index (χ2n) is 4.34. The highest BCUT2D eigenvalue weighted by molar-refractivity contribution is 5.44. The summed E-state index contributed by atoms with van der Waals surface area (Å²) in [6, 6.07) is 3.55. The first kappa shape index (κ1) is 12.2. The fourth-order valence-corrected chi connectivity index (χ4v) is 2.29. The van der Waals surface area contributed by atoms with Crippen molar-refractivity contribution in [1.82, 2.24) is 5.32 Å². The highest BCUT2D eigenvalue weighted by Gasteiger charge is 2.20. The number of methoxy groups -OCH3 is 2. The zero-order valence-electron chi connectivity index (χ0n) is 10.3. The molecule has 0 bridgehead atoms. The molecule has 94 valence electrons. The quantitative estimate of drug-likeness (QED) is 0.871. The number of hydrogen-bond acceptors (Lipinski definition) is 3. The summed E-state index contributed by atoms with van der Waals surface area (Å²) < 4.78 is 24.3. The second kappa shape index (κ2) is 5.36. The van der Waals surface area contributed by atoms with Crippen molar-refractivity contribution in [2.24, 2.45) is 5.92 Å². The number of halogens is 1. The van der Waals surface area contributed by atoms with Gasteiger partial charge in [-0.1, -0.05) is 6.07 Å². The molecule has 1 aromatic carbocycles. The van der Waals surface area contributed by atoms with Gasteiger partial charge in [-0.2, -0.15) is 0 Å². The monoisotopic (exact) mass is 239 g/mol. The molecule has 1 aliphatic rings. The summed E-state index contributed by atoms with van der Waals surface area (Å²) in [6.45, 7) is 1.99. The van der Waals surface area contributed by atoms with Crippen molar-refractivity contribution >= 4 is 0 Å². The Morgan fingerprint density at radius 2 is 2.18 bits per heavy atom. The number of ether oxygens (including phenoxy) is 2. The predicted octanol–water partition coefficient (Wildman–Crippen LogP) is 1.99. The molecule has 0 amide bonds. The molecule has 1 unspecified atom stereocenters. The molecule has 0 spiro atoms. The smallest absolute Gasteiger partial charge is 0.197 e. The lowest BCUT2D eigenvalue weighted by Gasteiger charge is -2.13. The molecule has 1 N–H and O–H groups in total. The molecule has 4 heteroatoms. The number of nitrogens with one attached hydrogen (secondary N) is 1. The molecule has 1 heterocycles. The summed E-state index contributed by atoms with van der Waals surface area (Å²) >= 11 is 0. The standard InChI is InChI=1S/C13H18FNO2/c1-16-11-4-3-10(12(14)13(11)17-2)7-9-5-6-15-8-9/h3-4,9,15H,5-8H2,1-2H3. The van der Waals surface area contributed by atoms with E-state index in [1.165, 1.54) is 14.2 Å².